The van der Waals surface area contributed by atoms with Crippen molar-refractivity contribution in [2.24, 2.45) is 0 Å². The van der Waals surface area contributed by atoms with E-state index >= 15 is 0 Å². The predicted molar refractivity (Wildman–Crippen MR) is 70.6 cm³/mol. The third kappa shape index (κ3) is 1.61. The zero-order valence-electron chi connectivity index (χ0n) is 8.58. The maximum Gasteiger partial charge on any atom is 0.133 e. The number of pyridine rings is 1. The Morgan fingerprint density at radius 3 is 3.06 bits per heavy atom. The van der Waals surface area contributed by atoms with Crippen molar-refractivity contribution in [3.63, 3.8) is 0 Å². The lowest BCUT2D eigenvalue weighted by Crippen LogP contribution is -2.15. The molecular weight excluding hydrogens is 334 g/mol. The number of aromatic nitrogens is 2. The van der Waals surface area contributed by atoms with Crippen LogP contribution in [0.5, 0.6) is 0 Å². The van der Waals surface area contributed by atoms with Crippen LogP contribution in [-0.4, -0.2) is 15.9 Å². The van der Waals surface area contributed by atoms with Gasteiger partial charge in [-0.1, -0.05) is 0 Å². The van der Waals surface area contributed by atoms with Crippen LogP contribution in [0.2, 0.25) is 0 Å². The molecule has 0 aliphatic carbocycles. The predicted octanol–water partition coefficient (Wildman–Crippen LogP) is 3.28. The Balaban J connectivity index is 2.22. The zero-order valence-corrected chi connectivity index (χ0v) is 11.8. The summed E-state index contributed by atoms with van der Waals surface area (Å²) in [5.74, 6) is 1.10. The number of imidazole rings is 1. The normalized spacial score (nSPS) is 20.8. The van der Waals surface area contributed by atoms with Gasteiger partial charge in [-0.05, 0) is 63.4 Å². The van der Waals surface area contributed by atoms with Crippen molar-refractivity contribution in [1.29, 1.82) is 0 Å². The van der Waals surface area contributed by atoms with Crippen LogP contribution in [-0.2, 0) is 0 Å². The number of hydrogen-bond donors (Lipinski definition) is 1. The van der Waals surface area contributed by atoms with Gasteiger partial charge in [-0.15, -0.1) is 0 Å². The van der Waals surface area contributed by atoms with E-state index < -0.39 is 0 Å². The maximum absolute atomic E-state index is 4.62. The van der Waals surface area contributed by atoms with Gasteiger partial charge in [-0.2, -0.15) is 0 Å². The Bertz CT molecular complexity index is 529. The number of halogens is 2. The Morgan fingerprint density at radius 2 is 2.31 bits per heavy atom. The van der Waals surface area contributed by atoms with Gasteiger partial charge in [-0.25, -0.2) is 4.98 Å². The van der Waals surface area contributed by atoms with Crippen LogP contribution < -0.4 is 5.32 Å². The van der Waals surface area contributed by atoms with Crippen LogP contribution in [0.1, 0.15) is 24.7 Å². The quantitative estimate of drug-likeness (QED) is 0.860. The standard InChI is InChI=1S/C11H11Br2N3/c12-7-3-2-6-16-9(7)10(13)15-11(16)8-4-1-5-14-8/h2-3,6,8,14H,1,4-5H2. The minimum absolute atomic E-state index is 0.382. The first-order valence-corrected chi connectivity index (χ1v) is 6.91. The third-order valence-electron chi connectivity index (χ3n) is 2.97. The molecule has 3 heterocycles. The molecule has 3 nitrogen and oxygen atoms in total. The minimum atomic E-state index is 0.382. The first-order valence-electron chi connectivity index (χ1n) is 5.33. The molecular formula is C11H11Br2N3. The summed E-state index contributed by atoms with van der Waals surface area (Å²) in [5.41, 5.74) is 1.10. The average Bonchev–Trinajstić information content (AvgIpc) is 2.86. The monoisotopic (exact) mass is 343 g/mol. The smallest absolute Gasteiger partial charge is 0.133 e. The second-order valence-electron chi connectivity index (χ2n) is 3.98. The number of rotatable bonds is 1. The van der Waals surface area contributed by atoms with Gasteiger partial charge in [0, 0.05) is 10.7 Å². The first kappa shape index (κ1) is 10.7. The minimum Gasteiger partial charge on any atom is -0.307 e. The van der Waals surface area contributed by atoms with E-state index in [0.717, 1.165) is 33.4 Å². The van der Waals surface area contributed by atoms with E-state index in [1.807, 2.05) is 12.1 Å². The Kier molecular flexibility index (Phi) is 2.77. The van der Waals surface area contributed by atoms with Gasteiger partial charge in [-0.3, -0.25) is 0 Å². The molecule has 0 amide bonds. The Hall–Kier alpha value is -0.390. The molecule has 0 aromatic carbocycles. The number of nitrogens with zero attached hydrogens (tertiary/aromatic N) is 2. The number of nitrogens with one attached hydrogen (secondary N) is 1. The van der Waals surface area contributed by atoms with Gasteiger partial charge in [0.05, 0.1) is 11.6 Å². The highest BCUT2D eigenvalue weighted by molar-refractivity contribution is 9.11. The molecule has 5 heteroatoms. The van der Waals surface area contributed by atoms with Gasteiger partial charge in [0.25, 0.3) is 0 Å². The second-order valence-corrected chi connectivity index (χ2v) is 5.59. The van der Waals surface area contributed by atoms with E-state index in [2.05, 4.69) is 52.8 Å². The van der Waals surface area contributed by atoms with Crippen molar-refractivity contribution in [1.82, 2.24) is 14.7 Å². The van der Waals surface area contributed by atoms with Gasteiger partial charge >= 0.3 is 0 Å². The van der Waals surface area contributed by atoms with Crippen molar-refractivity contribution in [2.45, 2.75) is 18.9 Å². The zero-order chi connectivity index (χ0) is 11.1. The van der Waals surface area contributed by atoms with Crippen LogP contribution >= 0.6 is 31.9 Å². The molecule has 16 heavy (non-hydrogen) atoms. The molecule has 2 aromatic rings. The van der Waals surface area contributed by atoms with Crippen molar-refractivity contribution in [2.75, 3.05) is 6.54 Å². The third-order valence-corrected chi connectivity index (χ3v) is 4.16. The van der Waals surface area contributed by atoms with Crippen LogP contribution in [0.25, 0.3) is 5.52 Å². The van der Waals surface area contributed by atoms with Crippen molar-refractivity contribution >= 4 is 37.4 Å². The first-order chi connectivity index (χ1) is 7.77. The van der Waals surface area contributed by atoms with Crippen LogP contribution in [0.4, 0.5) is 0 Å². The number of fused-ring (bicyclic) bond motifs is 1. The fraction of sp³-hybridized carbons (Fsp3) is 0.364. The lowest BCUT2D eigenvalue weighted by atomic mass is 10.2. The fourth-order valence-corrected chi connectivity index (χ4v) is 3.61. The maximum atomic E-state index is 4.62. The summed E-state index contributed by atoms with van der Waals surface area (Å²) in [5, 5.41) is 3.48. The molecule has 1 fully saturated rings. The lowest BCUT2D eigenvalue weighted by Gasteiger charge is -2.08. The summed E-state index contributed by atoms with van der Waals surface area (Å²) in [6.45, 7) is 1.09. The highest BCUT2D eigenvalue weighted by Gasteiger charge is 2.22. The SMILES string of the molecule is Brc1cccn2c(C3CCCN3)nc(Br)c12. The molecule has 0 spiro atoms. The van der Waals surface area contributed by atoms with E-state index in [1.54, 1.807) is 0 Å². The Morgan fingerprint density at radius 1 is 1.44 bits per heavy atom. The highest BCUT2D eigenvalue weighted by atomic mass is 79.9. The van der Waals surface area contributed by atoms with Gasteiger partial charge < -0.3 is 9.72 Å². The summed E-state index contributed by atoms with van der Waals surface area (Å²) < 4.78 is 4.12. The molecule has 1 unspecified atom stereocenters. The molecule has 1 atom stereocenters. The molecule has 2 aromatic heterocycles. The summed E-state index contributed by atoms with van der Waals surface area (Å²) in [6.07, 6.45) is 4.45. The molecule has 3 rings (SSSR count). The average molecular weight is 345 g/mol. The molecule has 0 saturated carbocycles. The lowest BCUT2D eigenvalue weighted by molar-refractivity contribution is 0.602. The van der Waals surface area contributed by atoms with Crippen LogP contribution in [0.15, 0.2) is 27.4 Å². The summed E-state index contributed by atoms with van der Waals surface area (Å²) in [7, 11) is 0. The van der Waals surface area contributed by atoms with Crippen molar-refractivity contribution < 1.29 is 0 Å². The topological polar surface area (TPSA) is 29.3 Å². The van der Waals surface area contributed by atoms with E-state index in [0.29, 0.717) is 6.04 Å². The Labute approximate surface area is 111 Å². The summed E-state index contributed by atoms with van der Waals surface area (Å²) >= 11 is 7.08. The summed E-state index contributed by atoms with van der Waals surface area (Å²) in [6, 6.07) is 4.45. The number of hydrogen-bond acceptors (Lipinski definition) is 2. The van der Waals surface area contributed by atoms with E-state index in [9.17, 15) is 0 Å². The molecule has 1 N–H and O–H groups in total. The summed E-state index contributed by atoms with van der Waals surface area (Å²) in [4.78, 5) is 4.62. The largest absolute Gasteiger partial charge is 0.307 e. The van der Waals surface area contributed by atoms with Crippen molar-refractivity contribution in [3.8, 4) is 0 Å². The van der Waals surface area contributed by atoms with Crippen LogP contribution in [0.3, 0.4) is 0 Å². The van der Waals surface area contributed by atoms with Gasteiger partial charge in [0.2, 0.25) is 0 Å². The van der Waals surface area contributed by atoms with Crippen LogP contribution in [0, 0.1) is 0 Å². The van der Waals surface area contributed by atoms with E-state index in [-0.39, 0.29) is 0 Å². The molecule has 0 radical (unpaired) electrons. The van der Waals surface area contributed by atoms with E-state index in [4.69, 9.17) is 0 Å². The molecule has 0 bridgehead atoms. The van der Waals surface area contributed by atoms with Gasteiger partial charge in [0.15, 0.2) is 0 Å². The molecule has 1 aliphatic heterocycles. The molecule has 1 saturated heterocycles. The fourth-order valence-electron chi connectivity index (χ4n) is 2.23. The molecule has 84 valence electrons. The van der Waals surface area contributed by atoms with Crippen molar-refractivity contribution in [3.05, 3.63) is 33.2 Å². The van der Waals surface area contributed by atoms with Gasteiger partial charge in [0.1, 0.15) is 10.4 Å². The van der Waals surface area contributed by atoms with E-state index in [1.165, 1.54) is 6.42 Å². The second kappa shape index (κ2) is 4.13. The molecule has 1 aliphatic rings. The highest BCUT2D eigenvalue weighted by Crippen LogP contribution is 2.31.